The maximum atomic E-state index is 5.46. The van der Waals surface area contributed by atoms with Crippen LogP contribution < -0.4 is 4.74 Å². The van der Waals surface area contributed by atoms with Gasteiger partial charge >= 0.3 is 0 Å². The fourth-order valence-corrected chi connectivity index (χ4v) is 2.06. The van der Waals surface area contributed by atoms with Gasteiger partial charge in [0, 0.05) is 0 Å². The summed E-state index contributed by atoms with van der Waals surface area (Å²) in [6.07, 6.45) is 1.10. The summed E-state index contributed by atoms with van der Waals surface area (Å²) in [6.45, 7) is 19.5. The van der Waals surface area contributed by atoms with Gasteiger partial charge < -0.3 is 4.74 Å². The molecule has 1 aromatic carbocycles. The van der Waals surface area contributed by atoms with Gasteiger partial charge in [-0.1, -0.05) is 53.7 Å². The van der Waals surface area contributed by atoms with Crippen LogP contribution >= 0.6 is 0 Å². The molecule has 0 unspecified atom stereocenters. The molecule has 0 radical (unpaired) electrons. The van der Waals surface area contributed by atoms with Crippen molar-refractivity contribution in [3.05, 3.63) is 42.5 Å². The Morgan fingerprint density at radius 3 is 1.89 bits per heavy atom. The van der Waals surface area contributed by atoms with Gasteiger partial charge in [0.2, 0.25) is 0 Å². The average molecular weight is 262 g/mol. The van der Waals surface area contributed by atoms with Gasteiger partial charge in [-0.3, -0.25) is 0 Å². The Kier molecular flexibility index (Phi) is 6.35. The largest absolute Gasteiger partial charge is 0.496 e. The van der Waals surface area contributed by atoms with Crippen LogP contribution in [-0.4, -0.2) is 7.11 Å². The minimum Gasteiger partial charge on any atom is -0.496 e. The Labute approximate surface area is 119 Å². The highest BCUT2D eigenvalue weighted by molar-refractivity contribution is 5.41. The van der Waals surface area contributed by atoms with E-state index < -0.39 is 0 Å². The van der Waals surface area contributed by atoms with Crippen molar-refractivity contribution < 1.29 is 4.74 Å². The number of hydrogen-bond acceptors (Lipinski definition) is 1. The third-order valence-electron chi connectivity index (χ3n) is 2.81. The highest BCUT2D eigenvalue weighted by Gasteiger charge is 2.20. The van der Waals surface area contributed by atoms with E-state index in [4.69, 9.17) is 4.74 Å². The molecule has 1 rings (SSSR count). The molecule has 0 fully saturated rings. The molecular weight excluding hydrogens is 232 g/mol. The quantitative estimate of drug-likeness (QED) is 0.650. The first-order valence-electron chi connectivity index (χ1n) is 6.81. The van der Waals surface area contributed by atoms with Crippen molar-refractivity contribution in [2.45, 2.75) is 53.4 Å². The number of benzene rings is 1. The summed E-state index contributed by atoms with van der Waals surface area (Å²) in [4.78, 5) is 0. The molecule has 1 heteroatoms. The molecule has 0 aliphatic carbocycles. The van der Waals surface area contributed by atoms with E-state index in [9.17, 15) is 0 Å². The maximum Gasteiger partial charge on any atom is 0.122 e. The van der Waals surface area contributed by atoms with Gasteiger partial charge in [0.05, 0.1) is 7.11 Å². The monoisotopic (exact) mass is 262 g/mol. The van der Waals surface area contributed by atoms with Crippen molar-refractivity contribution in [3.8, 4) is 5.75 Å². The molecule has 0 N–H and O–H groups in total. The first-order valence-corrected chi connectivity index (χ1v) is 6.81. The number of hydrogen-bond donors (Lipinski definition) is 0. The van der Waals surface area contributed by atoms with Crippen LogP contribution in [0.15, 0.2) is 31.4 Å². The van der Waals surface area contributed by atoms with E-state index in [1.54, 1.807) is 7.11 Å². The summed E-state index contributed by atoms with van der Waals surface area (Å²) in [6, 6.07) is 6.57. The van der Waals surface area contributed by atoms with E-state index in [1.165, 1.54) is 11.1 Å². The Morgan fingerprint density at radius 1 is 1.00 bits per heavy atom. The fraction of sp³-hybridized carbons (Fsp3) is 0.556. The van der Waals surface area contributed by atoms with E-state index in [0.717, 1.165) is 12.2 Å². The molecule has 0 atom stereocenters. The van der Waals surface area contributed by atoms with E-state index in [-0.39, 0.29) is 5.41 Å². The number of methoxy groups -OCH3 is 1. The molecular formula is C18H30O. The van der Waals surface area contributed by atoms with Gasteiger partial charge in [-0.15, -0.1) is 13.2 Å². The second kappa shape index (κ2) is 6.79. The predicted octanol–water partition coefficient (Wildman–Crippen LogP) is 5.38. The highest BCUT2D eigenvalue weighted by atomic mass is 16.5. The molecule has 1 nitrogen and oxygen atoms in total. The molecule has 0 spiro atoms. The summed E-state index contributed by atoms with van der Waals surface area (Å²) in [7, 11) is 1.74. The first kappa shape index (κ1) is 17.8. The van der Waals surface area contributed by atoms with Crippen molar-refractivity contribution in [1.29, 1.82) is 0 Å². The lowest BCUT2D eigenvalue weighted by molar-refractivity contribution is 0.393. The Hall–Kier alpha value is -1.24. The third-order valence-corrected chi connectivity index (χ3v) is 2.81. The minimum atomic E-state index is 0.124. The van der Waals surface area contributed by atoms with Crippen LogP contribution in [-0.2, 0) is 11.8 Å². The first-order chi connectivity index (χ1) is 8.63. The molecule has 19 heavy (non-hydrogen) atoms. The lowest BCUT2D eigenvalue weighted by atomic mass is 9.82. The van der Waals surface area contributed by atoms with Crippen molar-refractivity contribution in [3.63, 3.8) is 0 Å². The summed E-state index contributed by atoms with van der Waals surface area (Å²) < 4.78 is 5.46. The molecule has 0 amide bonds. The lowest BCUT2D eigenvalue weighted by Crippen LogP contribution is -2.15. The van der Waals surface area contributed by atoms with Gasteiger partial charge in [-0.2, -0.15) is 0 Å². The van der Waals surface area contributed by atoms with Gasteiger partial charge in [0.25, 0.3) is 0 Å². The van der Waals surface area contributed by atoms with E-state index in [1.807, 2.05) is 0 Å². The topological polar surface area (TPSA) is 9.23 Å². The van der Waals surface area contributed by atoms with Crippen LogP contribution in [0.2, 0.25) is 0 Å². The molecule has 0 heterocycles. The fourth-order valence-electron chi connectivity index (χ4n) is 2.06. The van der Waals surface area contributed by atoms with Gasteiger partial charge in [-0.05, 0) is 34.4 Å². The number of rotatable bonds is 2. The molecule has 0 aromatic heterocycles. The Balaban J connectivity index is 0.00000154. The lowest BCUT2D eigenvalue weighted by Gasteiger charge is -2.25. The second-order valence-electron chi connectivity index (χ2n) is 7.02. The Bertz CT molecular complexity index is 391. The average Bonchev–Trinajstić information content (AvgIpc) is 2.28. The summed E-state index contributed by atoms with van der Waals surface area (Å²) in [5.41, 5.74) is 3.13. The zero-order valence-corrected chi connectivity index (χ0v) is 13.8. The van der Waals surface area contributed by atoms with Crippen molar-refractivity contribution in [2.75, 3.05) is 7.11 Å². The van der Waals surface area contributed by atoms with Crippen molar-refractivity contribution in [1.82, 2.24) is 0 Å². The van der Waals surface area contributed by atoms with Gasteiger partial charge in [0.15, 0.2) is 0 Å². The third kappa shape index (κ3) is 5.96. The molecule has 108 valence electrons. The molecule has 0 aliphatic rings. The van der Waals surface area contributed by atoms with Crippen LogP contribution in [0.4, 0.5) is 0 Å². The Morgan fingerprint density at radius 2 is 1.53 bits per heavy atom. The van der Waals surface area contributed by atoms with Crippen LogP contribution in [0.1, 0.15) is 52.7 Å². The highest BCUT2D eigenvalue weighted by Crippen LogP contribution is 2.33. The van der Waals surface area contributed by atoms with E-state index in [0.29, 0.717) is 5.41 Å². The minimum absolute atomic E-state index is 0.124. The van der Waals surface area contributed by atoms with E-state index in [2.05, 4.69) is 72.9 Å². The molecule has 0 aliphatic heterocycles. The summed E-state index contributed by atoms with van der Waals surface area (Å²) in [5.74, 6) is 0.996. The molecule has 1 aromatic rings. The normalized spacial score (nSPS) is 11.5. The van der Waals surface area contributed by atoms with E-state index >= 15 is 0 Å². The summed E-state index contributed by atoms with van der Waals surface area (Å²) in [5, 5.41) is 0. The number of ether oxygens (including phenoxy) is 1. The molecule has 0 bridgehead atoms. The van der Waals surface area contributed by atoms with Crippen LogP contribution in [0, 0.1) is 5.41 Å². The standard InChI is InChI=1S/C16H26O.C2H4/c1-15(2,3)11-12-8-9-14(17-7)13(10-12)16(4,5)6;1-2/h8-10H,11H2,1-7H3;1-2H2. The molecule has 0 saturated heterocycles. The second-order valence-corrected chi connectivity index (χ2v) is 7.02. The zero-order valence-electron chi connectivity index (χ0n) is 13.8. The van der Waals surface area contributed by atoms with Crippen LogP contribution in [0.5, 0.6) is 5.75 Å². The van der Waals surface area contributed by atoms with Gasteiger partial charge in [0.1, 0.15) is 5.75 Å². The van der Waals surface area contributed by atoms with Crippen LogP contribution in [0.3, 0.4) is 0 Å². The maximum absolute atomic E-state index is 5.46. The van der Waals surface area contributed by atoms with Crippen molar-refractivity contribution in [2.24, 2.45) is 5.41 Å². The predicted molar refractivity (Wildman–Crippen MR) is 86.1 cm³/mol. The van der Waals surface area contributed by atoms with Crippen LogP contribution in [0.25, 0.3) is 0 Å². The van der Waals surface area contributed by atoms with Gasteiger partial charge in [-0.25, -0.2) is 0 Å². The molecule has 0 saturated carbocycles. The summed E-state index contributed by atoms with van der Waals surface area (Å²) >= 11 is 0. The smallest absolute Gasteiger partial charge is 0.122 e. The van der Waals surface area contributed by atoms with Crippen molar-refractivity contribution >= 4 is 0 Å². The SMILES string of the molecule is C=C.COc1ccc(CC(C)(C)C)cc1C(C)(C)C. The zero-order chi connectivity index (χ0) is 15.3.